The lowest BCUT2D eigenvalue weighted by molar-refractivity contribution is 0.851. The Morgan fingerprint density at radius 3 is 3.07 bits per heavy atom. The van der Waals surface area contributed by atoms with E-state index in [1.807, 2.05) is 6.07 Å². The molecular formula is C8H5ClN6. The molecule has 0 aliphatic carbocycles. The number of fused-ring (bicyclic) bond motifs is 1. The first-order chi connectivity index (χ1) is 7.34. The molecule has 0 aromatic carbocycles. The van der Waals surface area contributed by atoms with Crippen molar-refractivity contribution in [3.63, 3.8) is 0 Å². The summed E-state index contributed by atoms with van der Waals surface area (Å²) in [6, 6.07) is 1.81. The van der Waals surface area contributed by atoms with Crippen LogP contribution in [0.5, 0.6) is 0 Å². The fourth-order valence-corrected chi connectivity index (χ4v) is 1.53. The van der Waals surface area contributed by atoms with Crippen LogP contribution in [0.2, 0.25) is 5.28 Å². The summed E-state index contributed by atoms with van der Waals surface area (Å²) in [5, 5.41) is 11.6. The Bertz CT molecular complexity index is 599. The van der Waals surface area contributed by atoms with Gasteiger partial charge in [-0.2, -0.15) is 20.2 Å². The molecule has 0 radical (unpaired) electrons. The van der Waals surface area contributed by atoms with Crippen molar-refractivity contribution in [1.29, 1.82) is 0 Å². The van der Waals surface area contributed by atoms with Gasteiger partial charge in [0, 0.05) is 12.4 Å². The molecule has 3 rings (SSSR count). The van der Waals surface area contributed by atoms with Crippen molar-refractivity contribution in [1.82, 2.24) is 29.9 Å². The Hall–Kier alpha value is -1.95. The zero-order valence-corrected chi connectivity index (χ0v) is 8.18. The van der Waals surface area contributed by atoms with Crippen LogP contribution >= 0.6 is 11.6 Å². The van der Waals surface area contributed by atoms with Gasteiger partial charge in [-0.1, -0.05) is 0 Å². The highest BCUT2D eigenvalue weighted by molar-refractivity contribution is 6.28. The van der Waals surface area contributed by atoms with Crippen LogP contribution in [0.1, 0.15) is 0 Å². The molecule has 74 valence electrons. The van der Waals surface area contributed by atoms with Crippen molar-refractivity contribution in [3.05, 3.63) is 29.9 Å². The molecule has 15 heavy (non-hydrogen) atoms. The van der Waals surface area contributed by atoms with Crippen LogP contribution in [0.4, 0.5) is 0 Å². The van der Waals surface area contributed by atoms with E-state index in [0.717, 1.165) is 5.39 Å². The van der Waals surface area contributed by atoms with E-state index < -0.39 is 0 Å². The smallest absolute Gasteiger partial charge is 0.226 e. The van der Waals surface area contributed by atoms with Crippen LogP contribution in [-0.2, 0) is 0 Å². The van der Waals surface area contributed by atoms with Crippen LogP contribution in [-0.4, -0.2) is 29.9 Å². The number of hydrogen-bond acceptors (Lipinski definition) is 4. The summed E-state index contributed by atoms with van der Waals surface area (Å²) < 4.78 is 1.62. The van der Waals surface area contributed by atoms with Crippen molar-refractivity contribution >= 4 is 22.6 Å². The summed E-state index contributed by atoms with van der Waals surface area (Å²) in [5.74, 6) is 0.615. The van der Waals surface area contributed by atoms with E-state index >= 15 is 0 Å². The Balaban J connectivity index is 2.38. The molecule has 0 saturated heterocycles. The minimum absolute atomic E-state index is 0.164. The van der Waals surface area contributed by atoms with Crippen molar-refractivity contribution in [3.8, 4) is 5.82 Å². The molecule has 0 unspecified atom stereocenters. The number of hydrogen-bond donors (Lipinski definition) is 1. The molecule has 0 saturated carbocycles. The quantitative estimate of drug-likeness (QED) is 0.626. The SMILES string of the molecule is Clc1nc(-n2cccn2)c2cn[nH]c2n1. The predicted molar refractivity (Wildman–Crippen MR) is 53.8 cm³/mol. The molecule has 0 aliphatic heterocycles. The summed E-state index contributed by atoms with van der Waals surface area (Å²) in [6.07, 6.45) is 5.09. The molecule has 7 heteroatoms. The normalized spacial score (nSPS) is 11.0. The molecule has 0 aliphatic rings. The van der Waals surface area contributed by atoms with Crippen LogP contribution in [0.25, 0.3) is 16.9 Å². The van der Waals surface area contributed by atoms with Gasteiger partial charge in [-0.25, -0.2) is 4.68 Å². The van der Waals surface area contributed by atoms with E-state index in [1.165, 1.54) is 0 Å². The maximum Gasteiger partial charge on any atom is 0.226 e. The van der Waals surface area contributed by atoms with Crippen LogP contribution in [0.15, 0.2) is 24.7 Å². The number of aromatic amines is 1. The van der Waals surface area contributed by atoms with E-state index in [2.05, 4.69) is 25.3 Å². The molecule has 0 amide bonds. The fourth-order valence-electron chi connectivity index (χ4n) is 1.36. The number of H-pyrrole nitrogens is 1. The topological polar surface area (TPSA) is 72.3 Å². The number of nitrogens with zero attached hydrogens (tertiary/aromatic N) is 5. The Morgan fingerprint density at radius 2 is 2.27 bits per heavy atom. The fraction of sp³-hybridized carbons (Fsp3) is 0. The molecule has 0 atom stereocenters. The van der Waals surface area contributed by atoms with Gasteiger partial charge < -0.3 is 0 Å². The summed E-state index contributed by atoms with van der Waals surface area (Å²) in [5.41, 5.74) is 0.598. The van der Waals surface area contributed by atoms with Gasteiger partial charge in [-0.15, -0.1) is 0 Å². The zero-order chi connectivity index (χ0) is 10.3. The highest BCUT2D eigenvalue weighted by Gasteiger charge is 2.09. The molecule has 6 nitrogen and oxygen atoms in total. The average molecular weight is 221 g/mol. The molecule has 0 spiro atoms. The number of halogens is 1. The standard InChI is InChI=1S/C8H5ClN6/c9-8-12-6-5(4-10-14-6)7(13-8)15-3-1-2-11-15/h1-4H,(H,10,12,13,14). The van der Waals surface area contributed by atoms with Crippen molar-refractivity contribution < 1.29 is 0 Å². The summed E-state index contributed by atoms with van der Waals surface area (Å²) in [6.45, 7) is 0. The van der Waals surface area contributed by atoms with Gasteiger partial charge in [-0.3, -0.25) is 5.10 Å². The highest BCUT2D eigenvalue weighted by Crippen LogP contribution is 2.17. The van der Waals surface area contributed by atoms with Gasteiger partial charge in [0.15, 0.2) is 11.5 Å². The molecule has 3 heterocycles. The summed E-state index contributed by atoms with van der Waals surface area (Å²) >= 11 is 5.79. The van der Waals surface area contributed by atoms with Gasteiger partial charge in [0.05, 0.1) is 11.6 Å². The third kappa shape index (κ3) is 1.26. The van der Waals surface area contributed by atoms with Crippen molar-refractivity contribution in [2.45, 2.75) is 0 Å². The second-order valence-corrected chi connectivity index (χ2v) is 3.24. The minimum atomic E-state index is 0.164. The third-order valence-corrected chi connectivity index (χ3v) is 2.15. The number of rotatable bonds is 1. The van der Waals surface area contributed by atoms with Crippen molar-refractivity contribution in [2.75, 3.05) is 0 Å². The van der Waals surface area contributed by atoms with Gasteiger partial charge in [-0.05, 0) is 17.7 Å². The maximum atomic E-state index is 5.79. The first kappa shape index (κ1) is 8.37. The first-order valence-corrected chi connectivity index (χ1v) is 4.59. The first-order valence-electron chi connectivity index (χ1n) is 4.21. The largest absolute Gasteiger partial charge is 0.261 e. The van der Waals surface area contributed by atoms with E-state index in [-0.39, 0.29) is 5.28 Å². The molecule has 0 bridgehead atoms. The van der Waals surface area contributed by atoms with Crippen LogP contribution < -0.4 is 0 Å². The summed E-state index contributed by atoms with van der Waals surface area (Å²) in [7, 11) is 0. The Labute approximate surface area is 88.9 Å². The average Bonchev–Trinajstić information content (AvgIpc) is 2.86. The monoisotopic (exact) mass is 220 g/mol. The predicted octanol–water partition coefficient (Wildman–Crippen LogP) is 1.19. The lowest BCUT2D eigenvalue weighted by Crippen LogP contribution is -2.00. The van der Waals surface area contributed by atoms with Crippen LogP contribution in [0, 0.1) is 0 Å². The lowest BCUT2D eigenvalue weighted by atomic mass is 10.4. The van der Waals surface area contributed by atoms with E-state index in [9.17, 15) is 0 Å². The van der Waals surface area contributed by atoms with Gasteiger partial charge in [0.25, 0.3) is 0 Å². The van der Waals surface area contributed by atoms with E-state index in [4.69, 9.17) is 11.6 Å². The molecule has 1 N–H and O–H groups in total. The molecule has 0 fully saturated rings. The van der Waals surface area contributed by atoms with Crippen molar-refractivity contribution in [2.24, 2.45) is 0 Å². The maximum absolute atomic E-state index is 5.79. The minimum Gasteiger partial charge on any atom is -0.261 e. The van der Waals surface area contributed by atoms with E-state index in [1.54, 1.807) is 23.3 Å². The zero-order valence-electron chi connectivity index (χ0n) is 7.42. The molecule has 3 aromatic rings. The molecule has 3 aromatic heterocycles. The van der Waals surface area contributed by atoms with Crippen LogP contribution in [0.3, 0.4) is 0 Å². The molecular weight excluding hydrogens is 216 g/mol. The van der Waals surface area contributed by atoms with E-state index in [0.29, 0.717) is 11.5 Å². The van der Waals surface area contributed by atoms with Gasteiger partial charge in [0.1, 0.15) is 0 Å². The second-order valence-electron chi connectivity index (χ2n) is 2.90. The number of nitrogens with one attached hydrogen (secondary N) is 1. The van der Waals surface area contributed by atoms with Gasteiger partial charge >= 0.3 is 0 Å². The number of aromatic nitrogens is 6. The Morgan fingerprint density at radius 1 is 1.33 bits per heavy atom. The third-order valence-electron chi connectivity index (χ3n) is 1.98. The highest BCUT2D eigenvalue weighted by atomic mass is 35.5. The second kappa shape index (κ2) is 3.03. The Kier molecular flexibility index (Phi) is 1.69. The van der Waals surface area contributed by atoms with Gasteiger partial charge in [0.2, 0.25) is 5.28 Å². The lowest BCUT2D eigenvalue weighted by Gasteiger charge is -2.01. The summed E-state index contributed by atoms with van der Waals surface area (Å²) in [4.78, 5) is 8.11.